The van der Waals surface area contributed by atoms with E-state index < -0.39 is 0 Å². The van der Waals surface area contributed by atoms with Crippen LogP contribution >= 0.6 is 34.5 Å². The molecule has 0 aliphatic rings. The molecule has 0 bridgehead atoms. The van der Waals surface area contributed by atoms with Crippen LogP contribution in [0.2, 0.25) is 10.0 Å². The van der Waals surface area contributed by atoms with Gasteiger partial charge in [0.05, 0.1) is 15.4 Å². The highest BCUT2D eigenvalue weighted by molar-refractivity contribution is 7.19. The summed E-state index contributed by atoms with van der Waals surface area (Å²) in [6.07, 6.45) is 0. The molecule has 0 aliphatic heterocycles. The van der Waals surface area contributed by atoms with Crippen LogP contribution in [0.4, 0.5) is 0 Å². The van der Waals surface area contributed by atoms with E-state index >= 15 is 0 Å². The van der Waals surface area contributed by atoms with Gasteiger partial charge in [-0.05, 0) is 31.5 Å². The summed E-state index contributed by atoms with van der Waals surface area (Å²) in [7, 11) is 0. The summed E-state index contributed by atoms with van der Waals surface area (Å²) < 4.78 is 0. The van der Waals surface area contributed by atoms with Crippen molar-refractivity contribution in [2.75, 3.05) is 0 Å². The highest BCUT2D eigenvalue weighted by Gasteiger charge is 2.17. The second-order valence-electron chi connectivity index (χ2n) is 6.12. The van der Waals surface area contributed by atoms with Gasteiger partial charge in [0, 0.05) is 16.0 Å². The summed E-state index contributed by atoms with van der Waals surface area (Å²) >= 11 is 13.7. The Morgan fingerprint density at radius 3 is 2.35 bits per heavy atom. The fourth-order valence-electron chi connectivity index (χ4n) is 2.97. The minimum atomic E-state index is -0.156. The van der Waals surface area contributed by atoms with Gasteiger partial charge in [-0.3, -0.25) is 4.79 Å². The largest absolute Gasteiger partial charge is 0.306 e. The number of nitrogens with one attached hydrogen (secondary N) is 1. The first-order valence-electron chi connectivity index (χ1n) is 8.00. The Morgan fingerprint density at radius 2 is 1.65 bits per heavy atom. The van der Waals surface area contributed by atoms with Gasteiger partial charge in [-0.15, -0.1) is 11.3 Å². The van der Waals surface area contributed by atoms with Crippen molar-refractivity contribution in [2.24, 2.45) is 0 Å². The Morgan fingerprint density at radius 1 is 0.962 bits per heavy atom. The number of rotatable bonds is 2. The van der Waals surface area contributed by atoms with E-state index in [4.69, 9.17) is 23.2 Å². The molecular formula is C20H14Cl2N2OS. The number of aromatic nitrogens is 2. The third-order valence-corrected chi connectivity index (χ3v) is 6.01. The number of halogens is 2. The van der Waals surface area contributed by atoms with E-state index in [1.807, 2.05) is 44.2 Å². The maximum Gasteiger partial charge on any atom is 0.260 e. The van der Waals surface area contributed by atoms with Gasteiger partial charge in [-0.2, -0.15) is 0 Å². The van der Waals surface area contributed by atoms with Crippen LogP contribution in [-0.4, -0.2) is 9.97 Å². The van der Waals surface area contributed by atoms with Crippen LogP contribution in [0.15, 0.2) is 47.3 Å². The molecule has 0 spiro atoms. The lowest BCUT2D eigenvalue weighted by Gasteiger charge is -2.05. The zero-order valence-corrected chi connectivity index (χ0v) is 16.4. The molecule has 26 heavy (non-hydrogen) atoms. The summed E-state index contributed by atoms with van der Waals surface area (Å²) in [5.74, 6) is 0.574. The van der Waals surface area contributed by atoms with Gasteiger partial charge in [-0.1, -0.05) is 59.1 Å². The van der Waals surface area contributed by atoms with Gasteiger partial charge in [0.1, 0.15) is 10.7 Å². The number of hydrogen-bond acceptors (Lipinski definition) is 3. The molecule has 130 valence electrons. The average Bonchev–Trinajstić information content (AvgIpc) is 2.94. The third-order valence-electron chi connectivity index (χ3n) is 4.27. The lowest BCUT2D eigenvalue weighted by molar-refractivity contribution is 1.19. The minimum absolute atomic E-state index is 0.156. The molecule has 0 amide bonds. The van der Waals surface area contributed by atoms with Crippen molar-refractivity contribution in [3.8, 4) is 22.5 Å². The fraction of sp³-hybridized carbons (Fsp3) is 0.100. The lowest BCUT2D eigenvalue weighted by atomic mass is 10.0. The van der Waals surface area contributed by atoms with Crippen molar-refractivity contribution in [2.45, 2.75) is 13.8 Å². The predicted molar refractivity (Wildman–Crippen MR) is 111 cm³/mol. The average molecular weight is 401 g/mol. The van der Waals surface area contributed by atoms with Crippen molar-refractivity contribution in [3.63, 3.8) is 0 Å². The molecule has 2 heterocycles. The molecular weight excluding hydrogens is 387 g/mol. The molecule has 1 N–H and O–H groups in total. The number of fused-ring (bicyclic) bond motifs is 1. The monoisotopic (exact) mass is 400 g/mol. The highest BCUT2D eigenvalue weighted by Crippen LogP contribution is 2.38. The van der Waals surface area contributed by atoms with Crippen molar-refractivity contribution in [1.82, 2.24) is 9.97 Å². The smallest absolute Gasteiger partial charge is 0.260 e. The summed E-state index contributed by atoms with van der Waals surface area (Å²) in [6, 6.07) is 13.3. The molecule has 0 aliphatic carbocycles. The zero-order valence-electron chi connectivity index (χ0n) is 14.1. The van der Waals surface area contributed by atoms with Gasteiger partial charge in [0.25, 0.3) is 5.56 Å². The van der Waals surface area contributed by atoms with Crippen LogP contribution in [0.25, 0.3) is 32.7 Å². The van der Waals surface area contributed by atoms with Crippen LogP contribution in [0.5, 0.6) is 0 Å². The summed E-state index contributed by atoms with van der Waals surface area (Å²) in [6.45, 7) is 4.00. The number of aromatic amines is 1. The zero-order chi connectivity index (χ0) is 18.4. The van der Waals surface area contributed by atoms with E-state index in [1.54, 1.807) is 12.1 Å². The summed E-state index contributed by atoms with van der Waals surface area (Å²) in [5, 5.41) is 1.53. The minimum Gasteiger partial charge on any atom is -0.306 e. The topological polar surface area (TPSA) is 45.8 Å². The molecule has 0 fully saturated rings. The lowest BCUT2D eigenvalue weighted by Crippen LogP contribution is -2.09. The van der Waals surface area contributed by atoms with Crippen LogP contribution < -0.4 is 5.56 Å². The Labute approximate surface area is 164 Å². The molecule has 2 aromatic carbocycles. The molecule has 3 nitrogen and oxygen atoms in total. The van der Waals surface area contributed by atoms with E-state index in [-0.39, 0.29) is 5.56 Å². The number of hydrogen-bond donors (Lipinski definition) is 1. The van der Waals surface area contributed by atoms with Crippen LogP contribution in [0, 0.1) is 13.8 Å². The Balaban J connectivity index is 1.94. The molecule has 0 saturated heterocycles. The maximum absolute atomic E-state index is 12.9. The van der Waals surface area contributed by atoms with Gasteiger partial charge < -0.3 is 4.98 Å². The van der Waals surface area contributed by atoms with Gasteiger partial charge in [0.15, 0.2) is 0 Å². The van der Waals surface area contributed by atoms with Gasteiger partial charge in [0.2, 0.25) is 0 Å². The molecule has 4 rings (SSSR count). The van der Waals surface area contributed by atoms with Gasteiger partial charge >= 0.3 is 0 Å². The number of H-pyrrole nitrogens is 1. The first-order chi connectivity index (χ1) is 12.4. The van der Waals surface area contributed by atoms with E-state index in [1.165, 1.54) is 11.3 Å². The number of thiophene rings is 1. The van der Waals surface area contributed by atoms with Crippen molar-refractivity contribution < 1.29 is 0 Å². The number of nitrogens with zero attached hydrogens (tertiary/aromatic N) is 1. The first kappa shape index (κ1) is 17.3. The van der Waals surface area contributed by atoms with Crippen LogP contribution in [0.1, 0.15) is 10.4 Å². The summed E-state index contributed by atoms with van der Waals surface area (Å²) in [5.41, 5.74) is 3.60. The van der Waals surface area contributed by atoms with Crippen molar-refractivity contribution in [1.29, 1.82) is 0 Å². The van der Waals surface area contributed by atoms with E-state index in [2.05, 4.69) is 9.97 Å². The van der Waals surface area contributed by atoms with E-state index in [0.717, 1.165) is 27.1 Å². The molecule has 0 radical (unpaired) electrons. The van der Waals surface area contributed by atoms with Crippen LogP contribution in [0.3, 0.4) is 0 Å². The Hall–Kier alpha value is -2.14. The van der Waals surface area contributed by atoms with Crippen molar-refractivity contribution >= 4 is 44.8 Å². The molecule has 0 atom stereocenters. The molecule has 0 saturated carbocycles. The molecule has 0 unspecified atom stereocenters. The Kier molecular flexibility index (Phi) is 4.35. The highest BCUT2D eigenvalue weighted by atomic mass is 35.5. The number of benzene rings is 2. The second kappa shape index (κ2) is 6.54. The molecule has 6 heteroatoms. The normalized spacial score (nSPS) is 11.2. The third kappa shape index (κ3) is 2.94. The number of aryl methyl sites for hydroxylation is 2. The second-order valence-corrected chi connectivity index (χ2v) is 8.14. The molecule has 2 aromatic heterocycles. The van der Waals surface area contributed by atoms with E-state index in [0.29, 0.717) is 26.1 Å². The molecule has 4 aromatic rings. The predicted octanol–water partition coefficient (Wildman–Crippen LogP) is 6.24. The quantitative estimate of drug-likeness (QED) is 0.432. The summed E-state index contributed by atoms with van der Waals surface area (Å²) in [4.78, 5) is 22.2. The fourth-order valence-corrected chi connectivity index (χ4v) is 4.31. The maximum atomic E-state index is 12.9. The van der Waals surface area contributed by atoms with Gasteiger partial charge in [-0.25, -0.2) is 4.98 Å². The SMILES string of the molecule is Cc1ccc(-c2nc3sc(C)c(-c4ccc(Cl)c(Cl)c4)c3c(=O)[nH]2)cc1. The standard InChI is InChI=1S/C20H14Cl2N2OS/c1-10-3-5-12(6-4-10)18-23-19(25)17-16(11(2)26-20(17)24-18)13-7-8-14(21)15(22)9-13/h3-9H,1-2H3,(H,23,24,25). The van der Waals surface area contributed by atoms with Crippen LogP contribution in [-0.2, 0) is 0 Å². The first-order valence-corrected chi connectivity index (χ1v) is 9.57. The van der Waals surface area contributed by atoms with E-state index in [9.17, 15) is 4.79 Å². The van der Waals surface area contributed by atoms with Crippen molar-refractivity contribution in [3.05, 3.63) is 73.3 Å². The Bertz CT molecular complexity index is 1190.